The zero-order valence-corrected chi connectivity index (χ0v) is 13.7. The minimum absolute atomic E-state index is 0.758. The summed E-state index contributed by atoms with van der Waals surface area (Å²) >= 11 is 0. The van der Waals surface area contributed by atoms with Crippen LogP contribution in [0.5, 0.6) is 0 Å². The van der Waals surface area contributed by atoms with Gasteiger partial charge in [-0.25, -0.2) is 0 Å². The Hall–Kier alpha value is -1.30. The number of allylic oxidation sites excluding steroid dienone is 4. The van der Waals surface area contributed by atoms with Crippen molar-refractivity contribution in [3.8, 4) is 0 Å². The predicted molar refractivity (Wildman–Crippen MR) is 88.6 cm³/mol. The molecule has 0 aliphatic heterocycles. The van der Waals surface area contributed by atoms with E-state index in [0.717, 1.165) is 5.92 Å². The smallest absolute Gasteiger partial charge is 0.0221 e. The molecule has 0 saturated carbocycles. The van der Waals surface area contributed by atoms with Gasteiger partial charge in [0, 0.05) is 0 Å². The van der Waals surface area contributed by atoms with Gasteiger partial charge in [0.15, 0.2) is 0 Å². The maximum atomic E-state index is 2.34. The van der Waals surface area contributed by atoms with Gasteiger partial charge in [0.1, 0.15) is 0 Å². The summed E-state index contributed by atoms with van der Waals surface area (Å²) in [5.74, 6) is 0.758. The summed E-state index contributed by atoms with van der Waals surface area (Å²) in [5, 5.41) is 0. The average molecular weight is 258 g/mol. The molecular formula is C19H30. The molecule has 0 N–H and O–H groups in total. The lowest BCUT2D eigenvalue weighted by molar-refractivity contribution is 0.722. The van der Waals surface area contributed by atoms with E-state index in [1.54, 1.807) is 0 Å². The van der Waals surface area contributed by atoms with E-state index in [1.165, 1.54) is 28.7 Å². The van der Waals surface area contributed by atoms with Crippen LogP contribution in [0.25, 0.3) is 0 Å². The van der Waals surface area contributed by atoms with Gasteiger partial charge in [-0.3, -0.25) is 0 Å². The van der Waals surface area contributed by atoms with Crippen LogP contribution in [0.3, 0.4) is 0 Å². The molecule has 1 aliphatic carbocycles. The standard InChI is InChI=1S/C9H14.C8H10.C2H6/c1-7-4-5-8(2)9(3)6-7;1-7-5-3-4-6-8(7)2;1-2/h5-7H,4H2,1-3H3;3-6H,1-2H3;1-2H3. The number of benzene rings is 1. The Morgan fingerprint density at radius 1 is 0.842 bits per heavy atom. The van der Waals surface area contributed by atoms with Crippen LogP contribution in [-0.2, 0) is 0 Å². The van der Waals surface area contributed by atoms with Gasteiger partial charge in [0.2, 0.25) is 0 Å². The van der Waals surface area contributed by atoms with Gasteiger partial charge in [0.05, 0.1) is 0 Å². The number of aryl methyl sites for hydroxylation is 2. The minimum atomic E-state index is 0.758. The van der Waals surface area contributed by atoms with Crippen LogP contribution in [-0.4, -0.2) is 0 Å². The first-order valence-electron chi connectivity index (χ1n) is 7.38. The maximum absolute atomic E-state index is 2.34. The third-order valence-corrected chi connectivity index (χ3v) is 3.38. The van der Waals surface area contributed by atoms with Crippen molar-refractivity contribution in [3.05, 3.63) is 58.7 Å². The molecule has 0 heterocycles. The van der Waals surface area contributed by atoms with E-state index in [9.17, 15) is 0 Å². The van der Waals surface area contributed by atoms with Gasteiger partial charge >= 0.3 is 0 Å². The van der Waals surface area contributed by atoms with Crippen molar-refractivity contribution in [1.29, 1.82) is 0 Å². The largest absolute Gasteiger partial charge is 0.0808 e. The Morgan fingerprint density at radius 3 is 1.63 bits per heavy atom. The molecule has 1 unspecified atom stereocenters. The van der Waals surface area contributed by atoms with E-state index in [2.05, 4.69) is 71.0 Å². The second kappa shape index (κ2) is 9.61. The summed E-state index contributed by atoms with van der Waals surface area (Å²) in [4.78, 5) is 0. The zero-order valence-electron chi connectivity index (χ0n) is 13.7. The van der Waals surface area contributed by atoms with Gasteiger partial charge in [-0.2, -0.15) is 0 Å². The molecule has 1 atom stereocenters. The van der Waals surface area contributed by atoms with Crippen LogP contribution in [0.2, 0.25) is 0 Å². The summed E-state index contributed by atoms with van der Waals surface area (Å²) in [5.41, 5.74) is 5.64. The van der Waals surface area contributed by atoms with Gasteiger partial charge < -0.3 is 0 Å². The van der Waals surface area contributed by atoms with E-state index < -0.39 is 0 Å². The van der Waals surface area contributed by atoms with Crippen LogP contribution < -0.4 is 0 Å². The Labute approximate surface area is 120 Å². The molecular weight excluding hydrogens is 228 g/mol. The van der Waals surface area contributed by atoms with E-state index in [4.69, 9.17) is 0 Å². The Balaban J connectivity index is 0.000000303. The van der Waals surface area contributed by atoms with Crippen LogP contribution in [0.15, 0.2) is 47.6 Å². The normalized spacial score (nSPS) is 17.1. The quantitative estimate of drug-likeness (QED) is 0.516. The molecule has 2 rings (SSSR count). The van der Waals surface area contributed by atoms with E-state index in [0.29, 0.717) is 0 Å². The highest BCUT2D eigenvalue weighted by Crippen LogP contribution is 2.20. The lowest BCUT2D eigenvalue weighted by Crippen LogP contribution is -1.96. The van der Waals surface area contributed by atoms with E-state index >= 15 is 0 Å². The molecule has 0 nitrogen and oxygen atoms in total. The second-order valence-corrected chi connectivity index (χ2v) is 5.03. The van der Waals surface area contributed by atoms with Crippen LogP contribution in [0.4, 0.5) is 0 Å². The van der Waals surface area contributed by atoms with Gasteiger partial charge in [-0.05, 0) is 51.2 Å². The predicted octanol–water partition coefficient (Wildman–Crippen LogP) is 6.25. The fraction of sp³-hybridized carbons (Fsp3) is 0.474. The first kappa shape index (κ1) is 17.7. The van der Waals surface area contributed by atoms with Crippen molar-refractivity contribution in [2.24, 2.45) is 5.92 Å². The van der Waals surface area contributed by atoms with Crippen molar-refractivity contribution >= 4 is 0 Å². The topological polar surface area (TPSA) is 0 Å². The molecule has 0 spiro atoms. The Bertz CT molecular complexity index is 400. The zero-order chi connectivity index (χ0) is 14.8. The third-order valence-electron chi connectivity index (χ3n) is 3.38. The van der Waals surface area contributed by atoms with Crippen molar-refractivity contribution in [2.75, 3.05) is 0 Å². The average Bonchev–Trinajstić information content (AvgIpc) is 2.41. The molecule has 0 amide bonds. The summed E-state index contributed by atoms with van der Waals surface area (Å²) in [7, 11) is 0. The summed E-state index contributed by atoms with van der Waals surface area (Å²) in [6.45, 7) is 14.9. The summed E-state index contributed by atoms with van der Waals surface area (Å²) < 4.78 is 0. The first-order valence-corrected chi connectivity index (χ1v) is 7.38. The molecule has 0 heteroatoms. The molecule has 1 aromatic rings. The number of hydrogen-bond donors (Lipinski definition) is 0. The molecule has 0 bridgehead atoms. The monoisotopic (exact) mass is 258 g/mol. The maximum Gasteiger partial charge on any atom is -0.0221 e. The second-order valence-electron chi connectivity index (χ2n) is 5.03. The fourth-order valence-electron chi connectivity index (χ4n) is 1.81. The lowest BCUT2D eigenvalue weighted by Gasteiger charge is -2.12. The van der Waals surface area contributed by atoms with E-state index in [1.807, 2.05) is 13.8 Å². The van der Waals surface area contributed by atoms with Crippen LogP contribution in [0.1, 0.15) is 52.2 Å². The van der Waals surface area contributed by atoms with Crippen molar-refractivity contribution in [1.82, 2.24) is 0 Å². The van der Waals surface area contributed by atoms with Crippen LogP contribution >= 0.6 is 0 Å². The highest BCUT2D eigenvalue weighted by Gasteiger charge is 2.03. The van der Waals surface area contributed by atoms with Crippen molar-refractivity contribution in [3.63, 3.8) is 0 Å². The number of rotatable bonds is 0. The third kappa shape index (κ3) is 7.00. The SMILES string of the molecule is CC.CC1=CCC(C)C=C1C.Cc1ccccc1C. The van der Waals surface area contributed by atoms with Crippen LogP contribution in [0, 0.1) is 19.8 Å². The first-order chi connectivity index (χ1) is 9.00. The van der Waals surface area contributed by atoms with Crippen molar-refractivity contribution < 1.29 is 0 Å². The molecule has 1 aromatic carbocycles. The molecule has 0 saturated heterocycles. The fourth-order valence-corrected chi connectivity index (χ4v) is 1.81. The van der Waals surface area contributed by atoms with E-state index in [-0.39, 0.29) is 0 Å². The minimum Gasteiger partial charge on any atom is -0.0808 e. The Morgan fingerprint density at radius 2 is 1.32 bits per heavy atom. The highest BCUT2D eigenvalue weighted by molar-refractivity contribution is 5.30. The molecule has 0 aromatic heterocycles. The number of hydrogen-bond acceptors (Lipinski definition) is 0. The van der Waals surface area contributed by atoms with Gasteiger partial charge in [-0.15, -0.1) is 0 Å². The lowest BCUT2D eigenvalue weighted by atomic mass is 9.94. The molecule has 106 valence electrons. The Kier molecular flexibility index (Phi) is 8.95. The van der Waals surface area contributed by atoms with Gasteiger partial charge in [-0.1, -0.05) is 68.3 Å². The molecule has 0 radical (unpaired) electrons. The van der Waals surface area contributed by atoms with Gasteiger partial charge in [0.25, 0.3) is 0 Å². The summed E-state index contributed by atoms with van der Waals surface area (Å²) in [6, 6.07) is 8.36. The van der Waals surface area contributed by atoms with Crippen molar-refractivity contribution in [2.45, 2.75) is 54.9 Å². The molecule has 1 aliphatic rings. The highest BCUT2D eigenvalue weighted by atomic mass is 14.1. The summed E-state index contributed by atoms with van der Waals surface area (Å²) in [6.07, 6.45) is 5.89. The molecule has 19 heavy (non-hydrogen) atoms. The molecule has 0 fully saturated rings.